The molecule has 5 nitrogen and oxygen atoms in total. The van der Waals surface area contributed by atoms with Crippen LogP contribution in [0.3, 0.4) is 0 Å². The normalized spacial score (nSPS) is 14.5. The van der Waals surface area contributed by atoms with Gasteiger partial charge < -0.3 is 14.8 Å². The number of carbonyl (C=O) groups is 1. The first-order chi connectivity index (χ1) is 15.9. The number of aryl methyl sites for hydroxylation is 2. The summed E-state index contributed by atoms with van der Waals surface area (Å²) in [6.07, 6.45) is 1.77. The molecule has 0 bridgehead atoms. The van der Waals surface area contributed by atoms with Crippen LogP contribution in [0.15, 0.2) is 66.4 Å². The lowest BCUT2D eigenvalue weighted by Crippen LogP contribution is -2.30. The van der Waals surface area contributed by atoms with E-state index in [1.54, 1.807) is 13.2 Å². The Morgan fingerprint density at radius 2 is 1.79 bits per heavy atom. The fourth-order valence-corrected chi connectivity index (χ4v) is 4.17. The first kappa shape index (κ1) is 22.8. The molecule has 168 valence electrons. The predicted octanol–water partition coefficient (Wildman–Crippen LogP) is 5.81. The molecule has 7 heteroatoms. The van der Waals surface area contributed by atoms with Crippen LogP contribution >= 0.6 is 23.8 Å². The lowest BCUT2D eigenvalue weighted by atomic mass is 10.1. The summed E-state index contributed by atoms with van der Waals surface area (Å²) < 4.78 is 11.4. The Balaban J connectivity index is 1.58. The molecule has 1 N–H and O–H groups in total. The van der Waals surface area contributed by atoms with E-state index in [2.05, 4.69) is 5.32 Å². The maximum absolute atomic E-state index is 13.1. The van der Waals surface area contributed by atoms with E-state index in [1.807, 2.05) is 74.5 Å². The summed E-state index contributed by atoms with van der Waals surface area (Å²) in [6, 6.07) is 18.9. The highest BCUT2D eigenvalue weighted by Crippen LogP contribution is 2.29. The molecule has 1 aliphatic rings. The molecule has 1 amide bonds. The predicted molar refractivity (Wildman–Crippen MR) is 136 cm³/mol. The van der Waals surface area contributed by atoms with Crippen LogP contribution in [0, 0.1) is 13.8 Å². The Labute approximate surface area is 203 Å². The molecule has 3 aromatic carbocycles. The standard InChI is InChI=1S/C26H23ClN2O3S/c1-16-5-4-6-20(11-16)29-25(30)22(28-26(29)33)14-18-8-10-23(31-3)19(13-18)15-32-24-9-7-17(2)12-21(24)27/h4-14H,15H2,1-3H3,(H,28,33)/b22-14+. The number of nitrogens with zero attached hydrogens (tertiary/aromatic N) is 1. The topological polar surface area (TPSA) is 50.8 Å². The molecule has 0 radical (unpaired) electrons. The summed E-state index contributed by atoms with van der Waals surface area (Å²) in [5.74, 6) is 1.08. The first-order valence-electron chi connectivity index (χ1n) is 10.4. The minimum absolute atomic E-state index is 0.203. The molecule has 0 aromatic heterocycles. The fourth-order valence-electron chi connectivity index (χ4n) is 3.58. The van der Waals surface area contributed by atoms with Gasteiger partial charge in [-0.05, 0) is 85.2 Å². The Kier molecular flexibility index (Phi) is 6.67. The molecule has 0 atom stereocenters. The number of halogens is 1. The number of ether oxygens (including phenoxy) is 2. The summed E-state index contributed by atoms with van der Waals surface area (Å²) in [7, 11) is 1.61. The number of rotatable bonds is 6. The number of thiocarbonyl (C=S) groups is 1. The van der Waals surface area contributed by atoms with E-state index < -0.39 is 0 Å². The van der Waals surface area contributed by atoms with E-state index in [-0.39, 0.29) is 12.5 Å². The van der Waals surface area contributed by atoms with Gasteiger partial charge in [0.2, 0.25) is 0 Å². The zero-order valence-electron chi connectivity index (χ0n) is 18.5. The molecule has 1 aliphatic heterocycles. The maximum Gasteiger partial charge on any atom is 0.281 e. The van der Waals surface area contributed by atoms with E-state index in [1.165, 1.54) is 4.90 Å². The van der Waals surface area contributed by atoms with Crippen LogP contribution in [0.5, 0.6) is 11.5 Å². The minimum Gasteiger partial charge on any atom is -0.496 e. The number of amides is 1. The van der Waals surface area contributed by atoms with Crippen LogP contribution in [-0.2, 0) is 11.4 Å². The number of carbonyl (C=O) groups excluding carboxylic acids is 1. The van der Waals surface area contributed by atoms with E-state index in [0.717, 1.165) is 27.9 Å². The number of hydrogen-bond acceptors (Lipinski definition) is 4. The molecule has 0 spiro atoms. The largest absolute Gasteiger partial charge is 0.496 e. The van der Waals surface area contributed by atoms with Gasteiger partial charge in [0.15, 0.2) is 5.11 Å². The van der Waals surface area contributed by atoms with Gasteiger partial charge in [0, 0.05) is 5.56 Å². The maximum atomic E-state index is 13.1. The van der Waals surface area contributed by atoms with Crippen LogP contribution in [0.2, 0.25) is 5.02 Å². The van der Waals surface area contributed by atoms with Crippen LogP contribution in [-0.4, -0.2) is 18.1 Å². The Morgan fingerprint density at radius 3 is 2.52 bits per heavy atom. The Hall–Kier alpha value is -3.35. The van der Waals surface area contributed by atoms with Crippen molar-refractivity contribution in [1.29, 1.82) is 0 Å². The van der Waals surface area contributed by atoms with E-state index in [9.17, 15) is 4.79 Å². The van der Waals surface area contributed by atoms with Crippen LogP contribution in [0.4, 0.5) is 5.69 Å². The summed E-state index contributed by atoms with van der Waals surface area (Å²) in [5.41, 5.74) is 4.89. The molecule has 4 rings (SSSR count). The summed E-state index contributed by atoms with van der Waals surface area (Å²) in [6.45, 7) is 4.21. The van der Waals surface area contributed by atoms with Crippen LogP contribution in [0.25, 0.3) is 6.08 Å². The minimum atomic E-state index is -0.203. The molecule has 3 aromatic rings. The van der Waals surface area contributed by atoms with E-state index in [0.29, 0.717) is 27.3 Å². The molecular weight excluding hydrogens is 456 g/mol. The van der Waals surface area contributed by atoms with Gasteiger partial charge in [-0.1, -0.05) is 35.9 Å². The zero-order valence-corrected chi connectivity index (χ0v) is 20.1. The van der Waals surface area contributed by atoms with Gasteiger partial charge in [0.1, 0.15) is 23.8 Å². The highest BCUT2D eigenvalue weighted by Gasteiger charge is 2.32. The summed E-state index contributed by atoms with van der Waals surface area (Å²) >= 11 is 11.7. The quantitative estimate of drug-likeness (QED) is 0.358. The Bertz CT molecular complexity index is 1270. The van der Waals surface area contributed by atoms with Crippen molar-refractivity contribution >= 4 is 46.6 Å². The lowest BCUT2D eigenvalue weighted by Gasteiger charge is -2.14. The molecule has 0 aliphatic carbocycles. The molecule has 0 saturated carbocycles. The average molecular weight is 479 g/mol. The first-order valence-corrected chi connectivity index (χ1v) is 11.1. The van der Waals surface area contributed by atoms with Crippen LogP contribution in [0.1, 0.15) is 22.3 Å². The smallest absolute Gasteiger partial charge is 0.281 e. The van der Waals surface area contributed by atoms with E-state index >= 15 is 0 Å². The molecule has 0 unspecified atom stereocenters. The number of methoxy groups -OCH3 is 1. The third kappa shape index (κ3) is 5.02. The second kappa shape index (κ2) is 9.65. The van der Waals surface area contributed by atoms with Gasteiger partial charge >= 0.3 is 0 Å². The SMILES string of the molecule is COc1ccc(/C=C2/NC(=S)N(c3cccc(C)c3)C2=O)cc1COc1ccc(C)cc1Cl. The fraction of sp³-hybridized carbons (Fsp3) is 0.154. The Morgan fingerprint density at radius 1 is 1.03 bits per heavy atom. The van der Waals surface area contributed by atoms with Gasteiger partial charge in [0.25, 0.3) is 5.91 Å². The van der Waals surface area contributed by atoms with Crippen molar-refractivity contribution in [2.75, 3.05) is 12.0 Å². The van der Waals surface area contributed by atoms with Gasteiger partial charge in [-0.25, -0.2) is 0 Å². The van der Waals surface area contributed by atoms with Gasteiger partial charge in [0.05, 0.1) is 17.8 Å². The zero-order chi connectivity index (χ0) is 23.5. The second-order valence-electron chi connectivity index (χ2n) is 7.76. The van der Waals surface area contributed by atoms with Crippen molar-refractivity contribution < 1.29 is 14.3 Å². The molecule has 1 saturated heterocycles. The number of nitrogens with one attached hydrogen (secondary N) is 1. The molecule has 1 fully saturated rings. The third-order valence-electron chi connectivity index (χ3n) is 5.22. The number of hydrogen-bond donors (Lipinski definition) is 1. The lowest BCUT2D eigenvalue weighted by molar-refractivity contribution is -0.113. The van der Waals surface area contributed by atoms with Gasteiger partial charge in [-0.2, -0.15) is 0 Å². The van der Waals surface area contributed by atoms with Crippen molar-refractivity contribution in [3.8, 4) is 11.5 Å². The number of benzene rings is 3. The van der Waals surface area contributed by atoms with Crippen molar-refractivity contribution in [3.63, 3.8) is 0 Å². The summed E-state index contributed by atoms with van der Waals surface area (Å²) in [4.78, 5) is 14.6. The van der Waals surface area contributed by atoms with Crippen molar-refractivity contribution in [2.24, 2.45) is 0 Å². The molecule has 33 heavy (non-hydrogen) atoms. The second-order valence-corrected chi connectivity index (χ2v) is 8.56. The summed E-state index contributed by atoms with van der Waals surface area (Å²) in [5, 5.41) is 3.93. The molecular formula is C26H23ClN2O3S. The van der Waals surface area contributed by atoms with Gasteiger partial charge in [-0.15, -0.1) is 0 Å². The monoisotopic (exact) mass is 478 g/mol. The van der Waals surface area contributed by atoms with Gasteiger partial charge in [-0.3, -0.25) is 9.69 Å². The van der Waals surface area contributed by atoms with Crippen molar-refractivity contribution in [1.82, 2.24) is 5.32 Å². The van der Waals surface area contributed by atoms with Crippen molar-refractivity contribution in [3.05, 3.63) is 93.6 Å². The average Bonchev–Trinajstić information content (AvgIpc) is 3.06. The highest BCUT2D eigenvalue weighted by atomic mass is 35.5. The third-order valence-corrected chi connectivity index (χ3v) is 5.80. The number of anilines is 1. The van der Waals surface area contributed by atoms with Crippen LogP contribution < -0.4 is 19.7 Å². The van der Waals surface area contributed by atoms with Crippen molar-refractivity contribution in [2.45, 2.75) is 20.5 Å². The van der Waals surface area contributed by atoms with E-state index in [4.69, 9.17) is 33.3 Å². The highest BCUT2D eigenvalue weighted by molar-refractivity contribution is 7.80. The molecule has 1 heterocycles.